The molecule has 9 heteroatoms. The zero-order valence-corrected chi connectivity index (χ0v) is 15.5. The van der Waals surface area contributed by atoms with Gasteiger partial charge in [-0.2, -0.15) is 0 Å². The van der Waals surface area contributed by atoms with Gasteiger partial charge in [-0.25, -0.2) is 8.42 Å². The van der Waals surface area contributed by atoms with Crippen molar-refractivity contribution < 1.29 is 22.4 Å². The molecular weight excluding hydrogens is 364 g/mol. The molecule has 2 rings (SSSR count). The van der Waals surface area contributed by atoms with Gasteiger partial charge >= 0.3 is 11.8 Å². The lowest BCUT2D eigenvalue weighted by Gasteiger charge is -2.15. The quantitative estimate of drug-likeness (QED) is 0.708. The third kappa shape index (κ3) is 4.93. The van der Waals surface area contributed by atoms with Gasteiger partial charge in [0, 0.05) is 13.1 Å². The van der Waals surface area contributed by atoms with Gasteiger partial charge in [0.1, 0.15) is 15.2 Å². The number of nitrogens with one attached hydrogen (secondary N) is 2. The lowest BCUT2D eigenvalue weighted by molar-refractivity contribution is -0.139. The van der Waals surface area contributed by atoms with Crippen molar-refractivity contribution in [1.82, 2.24) is 10.6 Å². The minimum Gasteiger partial charge on any atom is -0.468 e. The first-order chi connectivity index (χ1) is 11.8. The van der Waals surface area contributed by atoms with Crippen molar-refractivity contribution in [1.29, 1.82) is 0 Å². The molecule has 0 spiro atoms. The largest absolute Gasteiger partial charge is 0.468 e. The standard InChI is InChI=1S/C16H20N2O5S2/c1-11(2)9-17-15(19)16(20)18-10-13(12-5-3-7-23-12)25(21,22)14-6-4-8-24-14/h3-8,11,13H,9-10H2,1-2H3,(H,17,19)(H,18,20)/t13-/m1/s1. The number of hydrogen-bond donors (Lipinski definition) is 2. The molecule has 0 aromatic carbocycles. The average Bonchev–Trinajstić information content (AvgIpc) is 3.25. The maximum Gasteiger partial charge on any atom is 0.309 e. The van der Waals surface area contributed by atoms with E-state index in [0.717, 1.165) is 11.3 Å². The van der Waals surface area contributed by atoms with E-state index in [0.29, 0.717) is 6.54 Å². The molecule has 0 aliphatic heterocycles. The third-order valence-corrected chi connectivity index (χ3v) is 6.83. The molecule has 0 saturated carbocycles. The number of carbonyl (C=O) groups excluding carboxylic acids is 2. The zero-order chi connectivity index (χ0) is 18.4. The van der Waals surface area contributed by atoms with Crippen LogP contribution < -0.4 is 10.6 Å². The Morgan fingerprint density at radius 1 is 1.12 bits per heavy atom. The van der Waals surface area contributed by atoms with Crippen LogP contribution in [-0.2, 0) is 19.4 Å². The molecule has 0 saturated heterocycles. The Morgan fingerprint density at radius 2 is 1.80 bits per heavy atom. The summed E-state index contributed by atoms with van der Waals surface area (Å²) < 4.78 is 31.0. The first kappa shape index (κ1) is 19.2. The second-order valence-electron chi connectivity index (χ2n) is 5.80. The molecule has 25 heavy (non-hydrogen) atoms. The smallest absolute Gasteiger partial charge is 0.309 e. The van der Waals surface area contributed by atoms with Crippen LogP contribution in [-0.4, -0.2) is 33.3 Å². The number of furan rings is 1. The van der Waals surface area contributed by atoms with Crippen LogP contribution in [0, 0.1) is 5.92 Å². The van der Waals surface area contributed by atoms with Crippen molar-refractivity contribution in [2.45, 2.75) is 23.3 Å². The summed E-state index contributed by atoms with van der Waals surface area (Å²) in [6.45, 7) is 3.90. The predicted molar refractivity (Wildman–Crippen MR) is 93.8 cm³/mol. The number of thiophene rings is 1. The van der Waals surface area contributed by atoms with Crippen molar-refractivity contribution in [3.8, 4) is 0 Å². The van der Waals surface area contributed by atoms with Crippen molar-refractivity contribution >= 4 is 33.0 Å². The van der Waals surface area contributed by atoms with Crippen LogP contribution >= 0.6 is 11.3 Å². The molecule has 0 unspecified atom stereocenters. The van der Waals surface area contributed by atoms with Crippen LogP contribution in [0.2, 0.25) is 0 Å². The van der Waals surface area contributed by atoms with Gasteiger partial charge in [-0.1, -0.05) is 19.9 Å². The highest BCUT2D eigenvalue weighted by Gasteiger charge is 2.33. The number of sulfone groups is 1. The number of carbonyl (C=O) groups is 2. The summed E-state index contributed by atoms with van der Waals surface area (Å²) in [4.78, 5) is 23.6. The Balaban J connectivity index is 2.11. The molecule has 1 atom stereocenters. The van der Waals surface area contributed by atoms with Crippen LogP contribution in [0.3, 0.4) is 0 Å². The minimum absolute atomic E-state index is 0.174. The Hall–Kier alpha value is -2.13. The van der Waals surface area contributed by atoms with Gasteiger partial charge in [-0.05, 0) is 29.5 Å². The SMILES string of the molecule is CC(C)CNC(=O)C(=O)NC[C@H](c1ccco1)S(=O)(=O)c1cccs1. The molecule has 2 N–H and O–H groups in total. The average molecular weight is 384 g/mol. The highest BCUT2D eigenvalue weighted by atomic mass is 32.2. The summed E-state index contributed by atoms with van der Waals surface area (Å²) in [5, 5.41) is 5.41. The van der Waals surface area contributed by atoms with Crippen LogP contribution in [0.1, 0.15) is 24.9 Å². The number of rotatable bonds is 7. The fourth-order valence-electron chi connectivity index (χ4n) is 2.05. The molecule has 0 aliphatic rings. The summed E-state index contributed by atoms with van der Waals surface area (Å²) in [7, 11) is -3.75. The van der Waals surface area contributed by atoms with E-state index in [9.17, 15) is 18.0 Å². The monoisotopic (exact) mass is 384 g/mol. The second-order valence-corrected chi connectivity index (χ2v) is 9.10. The predicted octanol–water partition coefficient (Wildman–Crippen LogP) is 1.74. The fraction of sp³-hybridized carbons (Fsp3) is 0.375. The fourth-order valence-corrected chi connectivity index (χ4v) is 4.84. The maximum atomic E-state index is 12.8. The van der Waals surface area contributed by atoms with E-state index in [1.807, 2.05) is 13.8 Å². The summed E-state index contributed by atoms with van der Waals surface area (Å²) in [6.07, 6.45) is 1.36. The first-order valence-corrected chi connectivity index (χ1v) is 10.1. The van der Waals surface area contributed by atoms with Crippen molar-refractivity contribution in [2.75, 3.05) is 13.1 Å². The molecule has 0 radical (unpaired) electrons. The van der Waals surface area contributed by atoms with Crippen molar-refractivity contribution in [3.63, 3.8) is 0 Å². The highest BCUT2D eigenvalue weighted by Crippen LogP contribution is 2.31. The van der Waals surface area contributed by atoms with Gasteiger partial charge in [-0.15, -0.1) is 11.3 Å². The van der Waals surface area contributed by atoms with Gasteiger partial charge in [0.2, 0.25) is 0 Å². The number of hydrogen-bond acceptors (Lipinski definition) is 6. The van der Waals surface area contributed by atoms with Crippen LogP contribution in [0.4, 0.5) is 0 Å². The van der Waals surface area contributed by atoms with Crippen LogP contribution in [0.15, 0.2) is 44.5 Å². The van der Waals surface area contributed by atoms with Gasteiger partial charge in [-0.3, -0.25) is 9.59 Å². The number of amides is 2. The van der Waals surface area contributed by atoms with E-state index in [4.69, 9.17) is 4.42 Å². The molecule has 0 aliphatic carbocycles. The van der Waals surface area contributed by atoms with Crippen molar-refractivity contribution in [2.24, 2.45) is 5.92 Å². The lowest BCUT2D eigenvalue weighted by Crippen LogP contribution is -2.43. The summed E-state index contributed by atoms with van der Waals surface area (Å²) in [5.74, 6) is -1.26. The van der Waals surface area contributed by atoms with E-state index in [2.05, 4.69) is 10.6 Å². The summed E-state index contributed by atoms with van der Waals surface area (Å²) in [5.41, 5.74) is 0. The van der Waals surface area contributed by atoms with Crippen molar-refractivity contribution in [3.05, 3.63) is 41.7 Å². The normalized spacial score (nSPS) is 12.8. The Kier molecular flexibility index (Phi) is 6.38. The van der Waals surface area contributed by atoms with E-state index < -0.39 is 26.9 Å². The van der Waals surface area contributed by atoms with E-state index in [1.165, 1.54) is 18.4 Å². The molecule has 7 nitrogen and oxygen atoms in total. The molecule has 2 heterocycles. The lowest BCUT2D eigenvalue weighted by atomic mass is 10.2. The third-order valence-electron chi connectivity index (χ3n) is 3.34. The van der Waals surface area contributed by atoms with Gasteiger partial charge in [0.05, 0.1) is 6.26 Å². The van der Waals surface area contributed by atoms with Crippen LogP contribution in [0.5, 0.6) is 0 Å². The van der Waals surface area contributed by atoms with Crippen LogP contribution in [0.25, 0.3) is 0 Å². The Morgan fingerprint density at radius 3 is 2.32 bits per heavy atom. The molecule has 2 amide bonds. The Labute approximate surface area is 150 Å². The summed E-state index contributed by atoms with van der Waals surface area (Å²) in [6, 6.07) is 6.23. The van der Waals surface area contributed by atoms with Gasteiger partial charge < -0.3 is 15.1 Å². The van der Waals surface area contributed by atoms with E-state index in [-0.39, 0.29) is 22.4 Å². The summed E-state index contributed by atoms with van der Waals surface area (Å²) >= 11 is 1.09. The maximum absolute atomic E-state index is 12.8. The molecule has 2 aromatic heterocycles. The highest BCUT2D eigenvalue weighted by molar-refractivity contribution is 7.93. The van der Waals surface area contributed by atoms with Gasteiger partial charge in [0.25, 0.3) is 0 Å². The van der Waals surface area contributed by atoms with E-state index in [1.54, 1.807) is 17.5 Å². The van der Waals surface area contributed by atoms with Gasteiger partial charge in [0.15, 0.2) is 9.84 Å². The minimum atomic E-state index is -3.75. The first-order valence-electron chi connectivity index (χ1n) is 7.69. The van der Waals surface area contributed by atoms with E-state index >= 15 is 0 Å². The molecule has 2 aromatic rings. The molecular formula is C16H20N2O5S2. The zero-order valence-electron chi connectivity index (χ0n) is 13.9. The topological polar surface area (TPSA) is 105 Å². The Bertz CT molecular complexity index is 796. The molecule has 0 bridgehead atoms. The molecule has 0 fully saturated rings. The molecule has 136 valence electrons. The second kappa shape index (κ2) is 8.30.